The molecule has 0 radical (unpaired) electrons. The second-order valence-corrected chi connectivity index (χ2v) is 6.01. The maximum atomic E-state index is 13.5. The van der Waals surface area contributed by atoms with Crippen LogP contribution in [0.3, 0.4) is 0 Å². The van der Waals surface area contributed by atoms with Gasteiger partial charge in [0, 0.05) is 26.1 Å². The summed E-state index contributed by atoms with van der Waals surface area (Å²) in [4.78, 5) is 38.5. The topological polar surface area (TPSA) is 76.2 Å². The van der Waals surface area contributed by atoms with Crippen LogP contribution in [0.25, 0.3) is 0 Å². The summed E-state index contributed by atoms with van der Waals surface area (Å²) >= 11 is 0. The van der Waals surface area contributed by atoms with Crippen LogP contribution in [0.5, 0.6) is 0 Å². The Hall–Kier alpha value is -2.64. The number of rotatable bonds is 6. The predicted molar refractivity (Wildman–Crippen MR) is 90.9 cm³/mol. The first-order chi connectivity index (χ1) is 12.4. The lowest BCUT2D eigenvalue weighted by molar-refractivity contribution is -0.148. The molecule has 1 heterocycles. The number of hydrogen-bond donors (Lipinski definition) is 0. The van der Waals surface area contributed by atoms with Gasteiger partial charge < -0.3 is 14.4 Å². The van der Waals surface area contributed by atoms with Crippen LogP contribution >= 0.6 is 0 Å². The number of hydrogen-bond acceptors (Lipinski definition) is 5. The molecule has 1 aliphatic rings. The smallest absolute Gasteiger partial charge is 0.410 e. The molecule has 2 rings (SSSR count). The number of nitrogens with zero attached hydrogens (tertiary/aromatic N) is 2. The molecule has 0 N–H and O–H groups in total. The normalized spacial score (nSPS) is 18.4. The third-order valence-electron chi connectivity index (χ3n) is 4.30. The van der Waals surface area contributed by atoms with Crippen LogP contribution in [0, 0.1) is 0 Å². The van der Waals surface area contributed by atoms with Gasteiger partial charge in [-0.05, 0) is 12.5 Å². The molecule has 0 saturated carbocycles. The molecule has 1 unspecified atom stereocenters. The first kappa shape index (κ1) is 19.7. The molecule has 1 aromatic rings. The van der Waals surface area contributed by atoms with E-state index in [9.17, 15) is 18.8 Å². The minimum Gasteiger partial charge on any atom is -0.467 e. The van der Waals surface area contributed by atoms with Gasteiger partial charge in [0.05, 0.1) is 7.11 Å². The van der Waals surface area contributed by atoms with Crippen molar-refractivity contribution in [2.24, 2.45) is 0 Å². The lowest BCUT2D eigenvalue weighted by Crippen LogP contribution is -2.57. The maximum Gasteiger partial charge on any atom is 0.410 e. The Bertz CT molecular complexity index is 640. The quantitative estimate of drug-likeness (QED) is 0.717. The van der Waals surface area contributed by atoms with Gasteiger partial charge in [-0.1, -0.05) is 30.3 Å². The number of carbonyl (C=O) groups excluding carboxylic acids is 3. The number of ether oxygens (including phenoxy) is 2. The summed E-state index contributed by atoms with van der Waals surface area (Å²) in [6, 6.07) is 8.54. The minimum atomic E-state index is -1.77. The number of benzene rings is 1. The van der Waals surface area contributed by atoms with E-state index in [4.69, 9.17) is 4.74 Å². The summed E-state index contributed by atoms with van der Waals surface area (Å²) < 4.78 is 23.1. The van der Waals surface area contributed by atoms with E-state index in [2.05, 4.69) is 4.74 Å². The predicted octanol–water partition coefficient (Wildman–Crippen LogP) is 1.76. The van der Waals surface area contributed by atoms with Crippen LogP contribution in [0.4, 0.5) is 9.18 Å². The lowest BCUT2D eigenvalue weighted by atomic mass is 10.1. The second kappa shape index (κ2) is 9.17. The summed E-state index contributed by atoms with van der Waals surface area (Å²) in [7, 11) is 1.11. The summed E-state index contributed by atoms with van der Waals surface area (Å²) in [6.07, 6.45) is -2.46. The average Bonchev–Trinajstić information content (AvgIpc) is 2.67. The Morgan fingerprint density at radius 1 is 1.27 bits per heavy atom. The Morgan fingerprint density at radius 2 is 1.96 bits per heavy atom. The molecular weight excluding hydrogens is 343 g/mol. The number of alkyl halides is 1. The molecule has 1 aliphatic heterocycles. The van der Waals surface area contributed by atoms with Crippen LogP contribution in [0.2, 0.25) is 0 Å². The Kier molecular flexibility index (Phi) is 6.94. The van der Waals surface area contributed by atoms with E-state index in [1.165, 1.54) is 9.80 Å². The molecule has 1 fully saturated rings. The highest BCUT2D eigenvalue weighted by molar-refractivity contribution is 5.86. The van der Waals surface area contributed by atoms with Gasteiger partial charge in [-0.3, -0.25) is 9.69 Å². The summed E-state index contributed by atoms with van der Waals surface area (Å²) in [5, 5.41) is 0. The fraction of sp³-hybridized carbons (Fsp3) is 0.500. The number of piperazine rings is 1. The van der Waals surface area contributed by atoms with Gasteiger partial charge in [-0.15, -0.1) is 0 Å². The van der Waals surface area contributed by atoms with Crippen LogP contribution in [-0.4, -0.2) is 66.7 Å². The third-order valence-corrected chi connectivity index (χ3v) is 4.30. The van der Waals surface area contributed by atoms with Crippen molar-refractivity contribution in [3.63, 3.8) is 0 Å². The maximum absolute atomic E-state index is 13.5. The molecule has 0 bridgehead atoms. The Balaban J connectivity index is 1.84. The van der Waals surface area contributed by atoms with E-state index in [1.807, 2.05) is 30.3 Å². The molecule has 1 saturated heterocycles. The van der Waals surface area contributed by atoms with E-state index in [0.717, 1.165) is 12.7 Å². The van der Waals surface area contributed by atoms with Crippen LogP contribution in [0.15, 0.2) is 30.3 Å². The number of esters is 1. The summed E-state index contributed by atoms with van der Waals surface area (Å²) in [5.41, 5.74) is 0.857. The largest absolute Gasteiger partial charge is 0.467 e. The molecule has 142 valence electrons. The molecule has 0 aromatic heterocycles. The third kappa shape index (κ3) is 4.93. The molecule has 8 heteroatoms. The fourth-order valence-corrected chi connectivity index (χ4v) is 2.72. The van der Waals surface area contributed by atoms with E-state index < -0.39 is 24.3 Å². The van der Waals surface area contributed by atoms with E-state index in [0.29, 0.717) is 0 Å². The zero-order valence-corrected chi connectivity index (χ0v) is 14.9. The standard InChI is InChI=1S/C18H23FN2O5/c1-13-16(22)20(9-8-15(19)17(23)25-2)10-11-21(13)18(24)26-12-14-6-4-3-5-7-14/h3-7,13,15H,8-12H2,1-2H3/t13-,15?/m0/s1. The van der Waals surface area contributed by atoms with Crippen molar-refractivity contribution in [1.29, 1.82) is 0 Å². The van der Waals surface area contributed by atoms with Gasteiger partial charge in [0.15, 0.2) is 6.17 Å². The Morgan fingerprint density at radius 3 is 2.62 bits per heavy atom. The fourth-order valence-electron chi connectivity index (χ4n) is 2.72. The van der Waals surface area contributed by atoms with Gasteiger partial charge in [0.2, 0.25) is 5.91 Å². The number of carbonyl (C=O) groups is 3. The summed E-state index contributed by atoms with van der Waals surface area (Å²) in [5.74, 6) is -1.25. The number of methoxy groups -OCH3 is 1. The van der Waals surface area contributed by atoms with Crippen LogP contribution < -0.4 is 0 Å². The van der Waals surface area contributed by atoms with Gasteiger partial charge in [-0.25, -0.2) is 14.0 Å². The first-order valence-electron chi connectivity index (χ1n) is 8.42. The zero-order chi connectivity index (χ0) is 19.1. The van der Waals surface area contributed by atoms with E-state index in [1.54, 1.807) is 6.92 Å². The molecule has 2 amide bonds. The molecule has 7 nitrogen and oxygen atoms in total. The minimum absolute atomic E-state index is 0.0896. The Labute approximate surface area is 151 Å². The summed E-state index contributed by atoms with van der Waals surface area (Å²) in [6.45, 7) is 2.37. The lowest BCUT2D eigenvalue weighted by Gasteiger charge is -2.38. The van der Waals surface area contributed by atoms with Gasteiger partial charge in [-0.2, -0.15) is 0 Å². The molecule has 1 aromatic carbocycles. The molecule has 26 heavy (non-hydrogen) atoms. The van der Waals surface area contributed by atoms with Gasteiger partial charge in [0.25, 0.3) is 0 Å². The number of amides is 2. The van der Waals surface area contributed by atoms with Crippen molar-refractivity contribution in [3.8, 4) is 0 Å². The van der Waals surface area contributed by atoms with Crippen molar-refractivity contribution in [2.45, 2.75) is 32.2 Å². The average molecular weight is 366 g/mol. The van der Waals surface area contributed by atoms with E-state index in [-0.39, 0.29) is 38.6 Å². The van der Waals surface area contributed by atoms with Crippen molar-refractivity contribution in [1.82, 2.24) is 9.80 Å². The highest BCUT2D eigenvalue weighted by Gasteiger charge is 2.35. The van der Waals surface area contributed by atoms with Crippen molar-refractivity contribution < 1.29 is 28.2 Å². The van der Waals surface area contributed by atoms with Gasteiger partial charge >= 0.3 is 12.1 Å². The van der Waals surface area contributed by atoms with Gasteiger partial charge in [0.1, 0.15) is 12.6 Å². The highest BCUT2D eigenvalue weighted by Crippen LogP contribution is 2.15. The van der Waals surface area contributed by atoms with Crippen molar-refractivity contribution in [2.75, 3.05) is 26.7 Å². The van der Waals surface area contributed by atoms with E-state index >= 15 is 0 Å². The second-order valence-electron chi connectivity index (χ2n) is 6.01. The van der Waals surface area contributed by atoms with Crippen LogP contribution in [-0.2, 0) is 25.7 Å². The van der Waals surface area contributed by atoms with Crippen LogP contribution in [0.1, 0.15) is 18.9 Å². The monoisotopic (exact) mass is 366 g/mol. The number of halogens is 1. The molecule has 2 atom stereocenters. The molecular formula is C18H23FN2O5. The SMILES string of the molecule is COC(=O)C(F)CCN1CCN(C(=O)OCc2ccccc2)[C@@H](C)C1=O. The molecule has 0 aliphatic carbocycles. The highest BCUT2D eigenvalue weighted by atomic mass is 19.1. The van der Waals surface area contributed by atoms with Crippen molar-refractivity contribution in [3.05, 3.63) is 35.9 Å². The van der Waals surface area contributed by atoms with Crippen molar-refractivity contribution >= 4 is 18.0 Å². The first-order valence-corrected chi connectivity index (χ1v) is 8.42. The molecule has 0 spiro atoms. The zero-order valence-electron chi connectivity index (χ0n) is 14.9.